The Morgan fingerprint density at radius 2 is 1.84 bits per heavy atom. The first-order chi connectivity index (χ1) is 21.1. The zero-order valence-corrected chi connectivity index (χ0v) is 26.8. The van der Waals surface area contributed by atoms with Gasteiger partial charge in [0.2, 0.25) is 11.8 Å². The van der Waals surface area contributed by atoms with Crippen molar-refractivity contribution >= 4 is 11.8 Å². The summed E-state index contributed by atoms with van der Waals surface area (Å²) in [4.78, 5) is 28.6. The number of hydrogen-bond donors (Lipinski definition) is 2. The smallest absolute Gasteiger partial charge is 0.226 e. The molecule has 8 heteroatoms. The van der Waals surface area contributed by atoms with Gasteiger partial charge in [-0.15, -0.1) is 0 Å². The minimum absolute atomic E-state index is 0.00821. The van der Waals surface area contributed by atoms with Gasteiger partial charge in [0.25, 0.3) is 0 Å². The van der Waals surface area contributed by atoms with E-state index in [1.165, 1.54) is 0 Å². The van der Waals surface area contributed by atoms with Gasteiger partial charge in [-0.1, -0.05) is 44.2 Å². The van der Waals surface area contributed by atoms with Crippen LogP contribution in [0.5, 0.6) is 11.5 Å². The standard InChI is InChI=1S/C36H50N2O6/c1-25(2)14-15-36(34(41)37-18-21-39)16-19-38(20-17-36)32(40)23-28-10-12-30-33(43-28)29-22-27(11-13-31(29)44-35(30,3)4)42-24-26-8-6-5-7-9-26/h5-9,11,13,22,25,28,30,33,39H,10,12,14-21,23-24H2,1-4H3,(H,37,41)/t28-,30+,33-/m0/s1. The predicted molar refractivity (Wildman–Crippen MR) is 169 cm³/mol. The Hall–Kier alpha value is -3.10. The van der Waals surface area contributed by atoms with Crippen molar-refractivity contribution in [1.82, 2.24) is 10.2 Å². The van der Waals surface area contributed by atoms with E-state index in [9.17, 15) is 14.7 Å². The lowest BCUT2D eigenvalue weighted by Crippen LogP contribution is -2.51. The van der Waals surface area contributed by atoms with E-state index in [4.69, 9.17) is 14.2 Å². The highest BCUT2D eigenvalue weighted by Gasteiger charge is 2.48. The number of nitrogens with one attached hydrogen (secondary N) is 1. The molecule has 2 aromatic rings. The Labute approximate surface area is 262 Å². The number of benzene rings is 2. The van der Waals surface area contributed by atoms with E-state index in [2.05, 4.69) is 33.0 Å². The molecule has 5 rings (SSSR count). The molecule has 0 aliphatic carbocycles. The van der Waals surface area contributed by atoms with Crippen molar-refractivity contribution in [3.05, 3.63) is 59.7 Å². The third-order valence-electron chi connectivity index (χ3n) is 9.86. The lowest BCUT2D eigenvalue weighted by molar-refractivity contribution is -0.161. The number of aliphatic hydroxyl groups excluding tert-OH is 1. The summed E-state index contributed by atoms with van der Waals surface area (Å²) in [6, 6.07) is 16.1. The van der Waals surface area contributed by atoms with Crippen molar-refractivity contribution in [2.45, 2.75) is 97.1 Å². The molecule has 3 heterocycles. The quantitative estimate of drug-likeness (QED) is 0.335. The summed E-state index contributed by atoms with van der Waals surface area (Å²) in [7, 11) is 0. The first-order valence-corrected chi connectivity index (χ1v) is 16.4. The Morgan fingerprint density at radius 3 is 2.55 bits per heavy atom. The second-order valence-electron chi connectivity index (χ2n) is 13.8. The molecular weight excluding hydrogens is 556 g/mol. The van der Waals surface area contributed by atoms with Gasteiger partial charge in [0.05, 0.1) is 30.7 Å². The maximum atomic E-state index is 13.6. The van der Waals surface area contributed by atoms with Crippen molar-refractivity contribution in [1.29, 1.82) is 0 Å². The molecule has 3 aliphatic heterocycles. The number of hydrogen-bond acceptors (Lipinski definition) is 6. The average Bonchev–Trinajstić information content (AvgIpc) is 3.02. The van der Waals surface area contributed by atoms with Crippen LogP contribution in [0.3, 0.4) is 0 Å². The van der Waals surface area contributed by atoms with Crippen molar-refractivity contribution in [2.75, 3.05) is 26.2 Å². The highest BCUT2D eigenvalue weighted by atomic mass is 16.5. The molecule has 2 amide bonds. The highest BCUT2D eigenvalue weighted by Crippen LogP contribution is 2.51. The van der Waals surface area contributed by atoms with Crippen LogP contribution in [0.4, 0.5) is 0 Å². The van der Waals surface area contributed by atoms with Gasteiger partial charge in [-0.3, -0.25) is 9.59 Å². The molecule has 8 nitrogen and oxygen atoms in total. The van der Waals surface area contributed by atoms with Crippen LogP contribution in [0.15, 0.2) is 48.5 Å². The molecule has 0 bridgehead atoms. The zero-order chi connectivity index (χ0) is 31.3. The highest BCUT2D eigenvalue weighted by molar-refractivity contribution is 5.83. The summed E-state index contributed by atoms with van der Waals surface area (Å²) in [5.74, 6) is 2.34. The summed E-state index contributed by atoms with van der Waals surface area (Å²) in [6.45, 7) is 10.4. The Kier molecular flexibility index (Phi) is 10.2. The maximum Gasteiger partial charge on any atom is 0.226 e. The van der Waals surface area contributed by atoms with Gasteiger partial charge in [-0.25, -0.2) is 0 Å². The number of fused-ring (bicyclic) bond motifs is 3. The van der Waals surface area contributed by atoms with E-state index in [-0.39, 0.29) is 48.7 Å². The molecule has 44 heavy (non-hydrogen) atoms. The summed E-state index contributed by atoms with van der Waals surface area (Å²) in [6.07, 6.45) is 4.72. The van der Waals surface area contributed by atoms with Crippen molar-refractivity contribution in [3.63, 3.8) is 0 Å². The summed E-state index contributed by atoms with van der Waals surface area (Å²) in [5, 5.41) is 12.1. The number of ether oxygens (including phenoxy) is 3. The molecule has 0 radical (unpaired) electrons. The molecule has 2 fully saturated rings. The molecule has 240 valence electrons. The van der Waals surface area contributed by atoms with Gasteiger partial charge in [0.15, 0.2) is 0 Å². The van der Waals surface area contributed by atoms with Crippen molar-refractivity contribution in [2.24, 2.45) is 17.3 Å². The van der Waals surface area contributed by atoms with Crippen LogP contribution in [-0.4, -0.2) is 59.8 Å². The number of amides is 2. The minimum atomic E-state index is -0.484. The van der Waals surface area contributed by atoms with Crippen LogP contribution >= 0.6 is 0 Å². The van der Waals surface area contributed by atoms with E-state index in [1.807, 2.05) is 53.4 Å². The number of nitrogens with zero attached hydrogens (tertiary/aromatic N) is 1. The molecule has 3 aliphatic rings. The molecule has 0 aromatic heterocycles. The fraction of sp³-hybridized carbons (Fsp3) is 0.611. The maximum absolute atomic E-state index is 13.6. The molecule has 0 unspecified atom stereocenters. The molecule has 0 spiro atoms. The van der Waals surface area contributed by atoms with E-state index >= 15 is 0 Å². The van der Waals surface area contributed by atoms with Crippen molar-refractivity contribution < 1.29 is 28.9 Å². The number of aliphatic hydroxyl groups is 1. The predicted octanol–water partition coefficient (Wildman–Crippen LogP) is 5.82. The van der Waals surface area contributed by atoms with Gasteiger partial charge in [0.1, 0.15) is 23.7 Å². The number of carbonyl (C=O) groups excluding carboxylic acids is 2. The fourth-order valence-electron chi connectivity index (χ4n) is 7.09. The third kappa shape index (κ3) is 7.40. The second kappa shape index (κ2) is 13.9. The number of carbonyl (C=O) groups is 2. The second-order valence-corrected chi connectivity index (χ2v) is 13.8. The Bertz CT molecular complexity index is 1270. The van der Waals surface area contributed by atoms with Gasteiger partial charge in [-0.05, 0) is 82.1 Å². The number of piperidine rings is 1. The Morgan fingerprint density at radius 1 is 1.09 bits per heavy atom. The largest absolute Gasteiger partial charge is 0.489 e. The van der Waals surface area contributed by atoms with E-state index < -0.39 is 5.41 Å². The van der Waals surface area contributed by atoms with Gasteiger partial charge in [-0.2, -0.15) is 0 Å². The lowest BCUT2D eigenvalue weighted by Gasteiger charge is -2.49. The van der Waals surface area contributed by atoms with Crippen LogP contribution in [-0.2, 0) is 20.9 Å². The topological polar surface area (TPSA) is 97.3 Å². The zero-order valence-electron chi connectivity index (χ0n) is 26.8. The third-order valence-corrected chi connectivity index (χ3v) is 9.86. The molecule has 2 saturated heterocycles. The summed E-state index contributed by atoms with van der Waals surface area (Å²) >= 11 is 0. The van der Waals surface area contributed by atoms with Crippen LogP contribution in [0, 0.1) is 17.3 Å². The van der Waals surface area contributed by atoms with Gasteiger partial charge in [0, 0.05) is 31.1 Å². The van der Waals surface area contributed by atoms with Gasteiger partial charge < -0.3 is 29.5 Å². The molecule has 2 aromatic carbocycles. The van der Waals surface area contributed by atoms with Crippen molar-refractivity contribution in [3.8, 4) is 11.5 Å². The summed E-state index contributed by atoms with van der Waals surface area (Å²) < 4.78 is 19.3. The number of likely N-dealkylation sites (tertiary alicyclic amines) is 1. The Balaban J connectivity index is 1.23. The molecule has 2 N–H and O–H groups in total. The van der Waals surface area contributed by atoms with Crippen LogP contribution < -0.4 is 14.8 Å². The summed E-state index contributed by atoms with van der Waals surface area (Å²) in [5.41, 5.74) is 1.22. The average molecular weight is 607 g/mol. The first kappa shape index (κ1) is 32.3. The van der Waals surface area contributed by atoms with Crippen LogP contribution in [0.2, 0.25) is 0 Å². The number of rotatable bonds is 11. The SMILES string of the molecule is CC(C)CCC1(C(=O)NCCO)CCN(C(=O)C[C@@H]2CC[C@@H]3[C@@H](O2)c2cc(OCc4ccccc4)ccc2OC3(C)C)CC1. The van der Waals surface area contributed by atoms with E-state index in [0.717, 1.165) is 48.3 Å². The van der Waals surface area contributed by atoms with E-state index in [0.29, 0.717) is 44.9 Å². The normalized spacial score (nSPS) is 23.7. The minimum Gasteiger partial charge on any atom is -0.489 e. The molecule has 3 atom stereocenters. The monoisotopic (exact) mass is 606 g/mol. The molecule has 0 saturated carbocycles. The van der Waals surface area contributed by atoms with Crippen LogP contribution in [0.25, 0.3) is 0 Å². The molecular formula is C36H50N2O6. The van der Waals surface area contributed by atoms with Crippen LogP contribution in [0.1, 0.15) is 89.9 Å². The fourth-order valence-corrected chi connectivity index (χ4v) is 7.09. The van der Waals surface area contributed by atoms with E-state index in [1.54, 1.807) is 0 Å². The van der Waals surface area contributed by atoms with Gasteiger partial charge >= 0.3 is 0 Å². The lowest BCUT2D eigenvalue weighted by atomic mass is 9.72. The first-order valence-electron chi connectivity index (χ1n) is 16.4.